The van der Waals surface area contributed by atoms with Gasteiger partial charge in [-0.15, -0.1) is 0 Å². The molecule has 0 spiro atoms. The Balaban J connectivity index is 1.88. The van der Waals surface area contributed by atoms with Crippen LogP contribution >= 0.6 is 0 Å². The molecular weight excluding hydrogens is 388 g/mol. The number of nitrogens with one attached hydrogen (secondary N) is 1. The van der Waals surface area contributed by atoms with Crippen molar-refractivity contribution in [2.24, 2.45) is 11.3 Å². The summed E-state index contributed by atoms with van der Waals surface area (Å²) in [6, 6.07) is 13.2. The second-order valence-corrected chi connectivity index (χ2v) is 10.4. The lowest BCUT2D eigenvalue weighted by molar-refractivity contribution is -0.127. The van der Waals surface area contributed by atoms with Crippen LogP contribution in [-0.2, 0) is 10.2 Å². The van der Waals surface area contributed by atoms with E-state index in [0.29, 0.717) is 41.8 Å². The van der Waals surface area contributed by atoms with Crippen LogP contribution in [0.4, 0.5) is 11.4 Å². The van der Waals surface area contributed by atoms with Crippen molar-refractivity contribution in [1.29, 1.82) is 0 Å². The van der Waals surface area contributed by atoms with E-state index in [9.17, 15) is 9.59 Å². The van der Waals surface area contributed by atoms with Crippen molar-refractivity contribution < 1.29 is 14.3 Å². The molecule has 0 unspecified atom stereocenters. The summed E-state index contributed by atoms with van der Waals surface area (Å²) >= 11 is 0. The molecule has 0 aliphatic carbocycles. The van der Waals surface area contributed by atoms with Gasteiger partial charge in [0.15, 0.2) is 0 Å². The Kier molecular flexibility index (Phi) is 6.17. The summed E-state index contributed by atoms with van der Waals surface area (Å²) < 4.78 is 5.96. The average molecular weight is 423 g/mol. The van der Waals surface area contributed by atoms with E-state index in [4.69, 9.17) is 4.74 Å². The number of carbonyl (C=O) groups excluding carboxylic acids is 2. The number of nitrogens with zero attached hydrogens (tertiary/aromatic N) is 1. The number of anilines is 2. The maximum atomic E-state index is 13.2. The summed E-state index contributed by atoms with van der Waals surface area (Å²) in [6.07, 6.45) is 0. The minimum Gasteiger partial charge on any atom is -0.490 e. The van der Waals surface area contributed by atoms with E-state index in [2.05, 4.69) is 39.9 Å². The number of hydrogen-bond acceptors (Lipinski definition) is 3. The van der Waals surface area contributed by atoms with Gasteiger partial charge in [0.25, 0.3) is 5.91 Å². The SMILES string of the molecule is CC(C)CN1C(=O)C(C)(C)COc2ccc(NC(=O)c3ccc(C(C)(C)C)cc3)cc21. The number of rotatable bonds is 4. The van der Waals surface area contributed by atoms with Gasteiger partial charge in [-0.3, -0.25) is 9.59 Å². The van der Waals surface area contributed by atoms with Crippen molar-refractivity contribution in [3.8, 4) is 5.75 Å². The molecule has 1 heterocycles. The lowest BCUT2D eigenvalue weighted by atomic mass is 9.87. The van der Waals surface area contributed by atoms with Gasteiger partial charge in [0.2, 0.25) is 5.91 Å². The summed E-state index contributed by atoms with van der Waals surface area (Å²) in [5, 5.41) is 2.96. The van der Waals surface area contributed by atoms with Crippen molar-refractivity contribution in [3.63, 3.8) is 0 Å². The zero-order valence-electron chi connectivity index (χ0n) is 19.7. The molecule has 166 valence electrons. The molecule has 3 rings (SSSR count). The number of fused-ring (bicyclic) bond motifs is 1. The second kappa shape index (κ2) is 8.37. The van der Waals surface area contributed by atoms with Gasteiger partial charge < -0.3 is 15.0 Å². The topological polar surface area (TPSA) is 58.6 Å². The molecule has 0 aromatic heterocycles. The molecule has 0 atom stereocenters. The molecule has 5 heteroatoms. The van der Waals surface area contributed by atoms with Crippen LogP contribution in [0.3, 0.4) is 0 Å². The van der Waals surface area contributed by atoms with Crippen LogP contribution in [0.5, 0.6) is 5.75 Å². The summed E-state index contributed by atoms with van der Waals surface area (Å²) in [4.78, 5) is 27.8. The maximum absolute atomic E-state index is 13.2. The number of carbonyl (C=O) groups is 2. The molecule has 1 aliphatic rings. The molecule has 0 bridgehead atoms. The lowest BCUT2D eigenvalue weighted by Gasteiger charge is -2.29. The molecule has 0 saturated heterocycles. The first-order valence-corrected chi connectivity index (χ1v) is 10.9. The van der Waals surface area contributed by atoms with Crippen LogP contribution in [0.15, 0.2) is 42.5 Å². The monoisotopic (exact) mass is 422 g/mol. The normalized spacial score (nSPS) is 15.9. The zero-order valence-corrected chi connectivity index (χ0v) is 19.7. The highest BCUT2D eigenvalue weighted by Crippen LogP contribution is 2.38. The second-order valence-electron chi connectivity index (χ2n) is 10.4. The first-order valence-electron chi connectivity index (χ1n) is 10.9. The third kappa shape index (κ3) is 5.09. The van der Waals surface area contributed by atoms with Crippen molar-refractivity contribution in [2.45, 2.75) is 53.9 Å². The van der Waals surface area contributed by atoms with Gasteiger partial charge in [-0.25, -0.2) is 0 Å². The van der Waals surface area contributed by atoms with Gasteiger partial charge in [-0.05, 0) is 61.1 Å². The van der Waals surface area contributed by atoms with E-state index in [1.165, 1.54) is 5.56 Å². The molecule has 1 aliphatic heterocycles. The molecule has 31 heavy (non-hydrogen) atoms. The van der Waals surface area contributed by atoms with Gasteiger partial charge in [-0.1, -0.05) is 46.8 Å². The fraction of sp³-hybridized carbons (Fsp3) is 0.462. The molecule has 5 nitrogen and oxygen atoms in total. The number of amides is 2. The minimum atomic E-state index is -0.619. The predicted octanol–water partition coefficient (Wildman–Crippen LogP) is 5.64. The zero-order chi connectivity index (χ0) is 23.0. The van der Waals surface area contributed by atoms with Gasteiger partial charge >= 0.3 is 0 Å². The molecule has 2 amide bonds. The van der Waals surface area contributed by atoms with Crippen molar-refractivity contribution in [3.05, 3.63) is 53.6 Å². The van der Waals surface area contributed by atoms with Crippen LogP contribution in [0.2, 0.25) is 0 Å². The Morgan fingerprint density at radius 2 is 1.77 bits per heavy atom. The fourth-order valence-corrected chi connectivity index (χ4v) is 3.59. The first kappa shape index (κ1) is 22.9. The Morgan fingerprint density at radius 1 is 1.13 bits per heavy atom. The Hall–Kier alpha value is -2.82. The summed E-state index contributed by atoms with van der Waals surface area (Å²) in [5.74, 6) is 0.801. The van der Waals surface area contributed by atoms with Gasteiger partial charge in [0.05, 0.1) is 11.1 Å². The van der Waals surface area contributed by atoms with E-state index in [1.807, 2.05) is 56.3 Å². The van der Waals surface area contributed by atoms with Crippen molar-refractivity contribution in [2.75, 3.05) is 23.4 Å². The number of ether oxygens (including phenoxy) is 1. The van der Waals surface area contributed by atoms with E-state index < -0.39 is 5.41 Å². The molecule has 0 saturated carbocycles. The smallest absolute Gasteiger partial charge is 0.255 e. The quantitative estimate of drug-likeness (QED) is 0.693. The minimum absolute atomic E-state index is 0.0289. The number of hydrogen-bond donors (Lipinski definition) is 1. The largest absolute Gasteiger partial charge is 0.490 e. The predicted molar refractivity (Wildman–Crippen MR) is 126 cm³/mol. The molecule has 2 aromatic rings. The van der Waals surface area contributed by atoms with Crippen LogP contribution in [0, 0.1) is 11.3 Å². The number of benzene rings is 2. The van der Waals surface area contributed by atoms with E-state index in [1.54, 1.807) is 4.90 Å². The Labute approximate surface area is 185 Å². The van der Waals surface area contributed by atoms with Gasteiger partial charge in [0, 0.05) is 17.8 Å². The highest BCUT2D eigenvalue weighted by Gasteiger charge is 2.38. The van der Waals surface area contributed by atoms with E-state index in [-0.39, 0.29) is 17.2 Å². The third-order valence-electron chi connectivity index (χ3n) is 5.48. The summed E-state index contributed by atoms with van der Waals surface area (Å²) in [7, 11) is 0. The van der Waals surface area contributed by atoms with Gasteiger partial charge in [-0.2, -0.15) is 0 Å². The highest BCUT2D eigenvalue weighted by molar-refractivity contribution is 6.05. The van der Waals surface area contributed by atoms with E-state index in [0.717, 1.165) is 0 Å². The Morgan fingerprint density at radius 3 is 2.35 bits per heavy atom. The molecule has 0 radical (unpaired) electrons. The van der Waals surface area contributed by atoms with E-state index >= 15 is 0 Å². The molecular formula is C26H34N2O3. The lowest BCUT2D eigenvalue weighted by Crippen LogP contribution is -2.43. The van der Waals surface area contributed by atoms with Crippen LogP contribution in [0.25, 0.3) is 0 Å². The van der Waals surface area contributed by atoms with Crippen molar-refractivity contribution >= 4 is 23.2 Å². The van der Waals surface area contributed by atoms with Gasteiger partial charge in [0.1, 0.15) is 12.4 Å². The summed E-state index contributed by atoms with van der Waals surface area (Å²) in [6.45, 7) is 15.3. The summed E-state index contributed by atoms with van der Waals surface area (Å²) in [5.41, 5.74) is 2.52. The fourth-order valence-electron chi connectivity index (χ4n) is 3.59. The Bertz CT molecular complexity index is 969. The van der Waals surface area contributed by atoms with Crippen LogP contribution < -0.4 is 15.0 Å². The maximum Gasteiger partial charge on any atom is 0.255 e. The van der Waals surface area contributed by atoms with Crippen LogP contribution in [-0.4, -0.2) is 25.0 Å². The molecule has 1 N–H and O–H groups in total. The van der Waals surface area contributed by atoms with Crippen molar-refractivity contribution in [1.82, 2.24) is 0 Å². The molecule has 0 fully saturated rings. The standard InChI is InChI=1S/C26H34N2O3/c1-17(2)15-28-21-14-20(12-13-22(21)31-16-26(6,7)24(28)30)27-23(29)18-8-10-19(11-9-18)25(3,4)5/h8-14,17H,15-16H2,1-7H3,(H,27,29). The van der Waals surface area contributed by atoms with Crippen LogP contribution in [0.1, 0.15) is 64.4 Å². The average Bonchev–Trinajstić information content (AvgIpc) is 2.77. The molecule has 2 aromatic carbocycles. The first-order chi connectivity index (χ1) is 14.4. The third-order valence-corrected chi connectivity index (χ3v) is 5.48. The highest BCUT2D eigenvalue weighted by atomic mass is 16.5.